The molecule has 0 radical (unpaired) electrons. The highest BCUT2D eigenvalue weighted by Gasteiger charge is 2.42. The van der Waals surface area contributed by atoms with Crippen LogP contribution >= 0.6 is 0 Å². The minimum atomic E-state index is -1.13. The first-order valence-electron chi connectivity index (χ1n) is 3.98. The topological polar surface area (TPSA) is 107 Å². The number of aliphatic hydroxyl groups is 4. The molecule has 1 rings (SSSR count). The molecule has 6 N–H and O–H groups in total. The molecule has 0 heterocycles. The minimum absolute atomic E-state index is 0.240. The van der Waals surface area contributed by atoms with E-state index in [1.165, 1.54) is 0 Å². The van der Waals surface area contributed by atoms with Crippen molar-refractivity contribution in [2.45, 2.75) is 30.8 Å². The molecule has 1 fully saturated rings. The maximum Gasteiger partial charge on any atom is 0.106 e. The molecule has 0 amide bonds. The lowest BCUT2D eigenvalue weighted by atomic mass is 9.97. The lowest BCUT2D eigenvalue weighted by Crippen LogP contribution is -2.40. The van der Waals surface area contributed by atoms with E-state index in [9.17, 15) is 5.11 Å². The van der Waals surface area contributed by atoms with E-state index in [2.05, 4.69) is 0 Å². The number of rotatable bonds is 2. The van der Waals surface area contributed by atoms with E-state index in [1.807, 2.05) is 0 Å². The minimum Gasteiger partial charge on any atom is -0.395 e. The second-order valence-electron chi connectivity index (χ2n) is 3.29. The van der Waals surface area contributed by atoms with Gasteiger partial charge in [-0.15, -0.1) is 0 Å². The van der Waals surface area contributed by atoms with Crippen molar-refractivity contribution in [2.75, 3.05) is 6.61 Å². The molecule has 0 aliphatic heterocycles. The molecule has 1 aliphatic carbocycles. The summed E-state index contributed by atoms with van der Waals surface area (Å²) in [6.45, 7) is -0.249. The van der Waals surface area contributed by atoms with Crippen molar-refractivity contribution in [1.29, 1.82) is 0 Å². The van der Waals surface area contributed by atoms with Gasteiger partial charge in [0.15, 0.2) is 0 Å². The Labute approximate surface area is 70.4 Å². The van der Waals surface area contributed by atoms with Crippen LogP contribution in [0.15, 0.2) is 0 Å². The smallest absolute Gasteiger partial charge is 0.106 e. The van der Waals surface area contributed by atoms with E-state index >= 15 is 0 Å². The molecule has 12 heavy (non-hydrogen) atoms. The van der Waals surface area contributed by atoms with E-state index in [0.717, 1.165) is 0 Å². The zero-order chi connectivity index (χ0) is 9.30. The van der Waals surface area contributed by atoms with Gasteiger partial charge >= 0.3 is 0 Å². The van der Waals surface area contributed by atoms with Crippen molar-refractivity contribution in [3.8, 4) is 0 Å². The fraction of sp³-hybridized carbons (Fsp3) is 1.00. The molecule has 1 aliphatic rings. The van der Waals surface area contributed by atoms with Crippen LogP contribution in [-0.2, 0) is 0 Å². The molecular formula is C7H15NO4. The van der Waals surface area contributed by atoms with Gasteiger partial charge in [0.1, 0.15) is 6.10 Å². The van der Waals surface area contributed by atoms with Gasteiger partial charge in [-0.2, -0.15) is 0 Å². The van der Waals surface area contributed by atoms with Gasteiger partial charge in [0.25, 0.3) is 0 Å². The van der Waals surface area contributed by atoms with Crippen molar-refractivity contribution in [3.05, 3.63) is 0 Å². The van der Waals surface area contributed by atoms with E-state index in [-0.39, 0.29) is 13.0 Å². The largest absolute Gasteiger partial charge is 0.395 e. The summed E-state index contributed by atoms with van der Waals surface area (Å²) in [5, 5.41) is 36.3. The Morgan fingerprint density at radius 3 is 2.17 bits per heavy atom. The van der Waals surface area contributed by atoms with Gasteiger partial charge in [-0.05, 0) is 6.42 Å². The Kier molecular flexibility index (Phi) is 3.03. The molecular weight excluding hydrogens is 162 g/mol. The van der Waals surface area contributed by atoms with Gasteiger partial charge in [0, 0.05) is 12.0 Å². The van der Waals surface area contributed by atoms with Crippen LogP contribution in [0, 0.1) is 5.92 Å². The first kappa shape index (κ1) is 9.88. The zero-order valence-corrected chi connectivity index (χ0v) is 6.67. The van der Waals surface area contributed by atoms with Crippen molar-refractivity contribution in [1.82, 2.24) is 0 Å². The van der Waals surface area contributed by atoms with Gasteiger partial charge in [-0.1, -0.05) is 0 Å². The van der Waals surface area contributed by atoms with Crippen molar-refractivity contribution < 1.29 is 20.4 Å². The normalized spacial score (nSPS) is 44.8. The van der Waals surface area contributed by atoms with Crippen molar-refractivity contribution >= 4 is 0 Å². The first-order valence-corrected chi connectivity index (χ1v) is 3.98. The van der Waals surface area contributed by atoms with Crippen LogP contribution in [0.2, 0.25) is 0 Å². The summed E-state index contributed by atoms with van der Waals surface area (Å²) in [6.07, 6.45) is -2.85. The third-order valence-electron chi connectivity index (χ3n) is 2.46. The lowest BCUT2D eigenvalue weighted by Gasteiger charge is -2.20. The molecule has 5 heteroatoms. The van der Waals surface area contributed by atoms with Crippen LogP contribution in [0.25, 0.3) is 0 Å². The Bertz CT molecular complexity index is 154. The van der Waals surface area contributed by atoms with Crippen molar-refractivity contribution in [2.24, 2.45) is 11.7 Å². The number of nitrogens with two attached hydrogens (primary N) is 1. The summed E-state index contributed by atoms with van der Waals surface area (Å²) >= 11 is 0. The predicted octanol–water partition coefficient (Wildman–Crippen LogP) is -2.59. The van der Waals surface area contributed by atoms with Gasteiger partial charge in [0.2, 0.25) is 0 Å². The van der Waals surface area contributed by atoms with Crippen LogP contribution in [0.5, 0.6) is 0 Å². The van der Waals surface area contributed by atoms with Crippen LogP contribution in [-0.4, -0.2) is 51.4 Å². The first-order chi connectivity index (χ1) is 5.57. The van der Waals surface area contributed by atoms with Crippen LogP contribution in [0.3, 0.4) is 0 Å². The van der Waals surface area contributed by atoms with Gasteiger partial charge in [-0.3, -0.25) is 0 Å². The highest BCUT2D eigenvalue weighted by Crippen LogP contribution is 2.28. The van der Waals surface area contributed by atoms with Gasteiger partial charge in [-0.25, -0.2) is 0 Å². The molecule has 5 nitrogen and oxygen atoms in total. The Hall–Kier alpha value is -0.200. The SMILES string of the molecule is N[C@@H](CO)C1C[C@@H](O)[C@@H](O)[C@@H]1O. The van der Waals surface area contributed by atoms with E-state index in [1.54, 1.807) is 0 Å². The summed E-state index contributed by atoms with van der Waals surface area (Å²) in [4.78, 5) is 0. The number of hydrogen-bond acceptors (Lipinski definition) is 5. The Morgan fingerprint density at radius 2 is 1.83 bits per heavy atom. The molecule has 0 aromatic rings. The summed E-state index contributed by atoms with van der Waals surface area (Å²) in [6, 6.07) is -0.577. The van der Waals surface area contributed by atoms with E-state index in [4.69, 9.17) is 21.1 Å². The third-order valence-corrected chi connectivity index (χ3v) is 2.46. The van der Waals surface area contributed by atoms with Gasteiger partial charge in [0.05, 0.1) is 18.8 Å². The maximum absolute atomic E-state index is 9.33. The molecule has 1 unspecified atom stereocenters. The Morgan fingerprint density at radius 1 is 1.25 bits per heavy atom. The Balaban J connectivity index is 2.58. The molecule has 5 atom stereocenters. The lowest BCUT2D eigenvalue weighted by molar-refractivity contribution is -0.0292. The fourth-order valence-corrected chi connectivity index (χ4v) is 1.60. The molecule has 0 aromatic carbocycles. The van der Waals surface area contributed by atoms with Crippen LogP contribution < -0.4 is 5.73 Å². The molecule has 0 saturated heterocycles. The fourth-order valence-electron chi connectivity index (χ4n) is 1.60. The maximum atomic E-state index is 9.33. The second kappa shape index (κ2) is 3.68. The molecule has 0 bridgehead atoms. The summed E-state index contributed by atoms with van der Waals surface area (Å²) in [5.74, 6) is -0.417. The number of aliphatic hydroxyl groups excluding tert-OH is 4. The predicted molar refractivity (Wildman–Crippen MR) is 41.2 cm³/mol. The van der Waals surface area contributed by atoms with Crippen LogP contribution in [0.1, 0.15) is 6.42 Å². The van der Waals surface area contributed by atoms with E-state index < -0.39 is 30.3 Å². The molecule has 1 saturated carbocycles. The quantitative estimate of drug-likeness (QED) is 0.318. The zero-order valence-electron chi connectivity index (χ0n) is 6.67. The monoisotopic (exact) mass is 177 g/mol. The molecule has 0 aromatic heterocycles. The average Bonchev–Trinajstić information content (AvgIpc) is 2.32. The van der Waals surface area contributed by atoms with Crippen molar-refractivity contribution in [3.63, 3.8) is 0 Å². The van der Waals surface area contributed by atoms with E-state index in [0.29, 0.717) is 0 Å². The average molecular weight is 177 g/mol. The standard InChI is InChI=1S/C7H15NO4/c8-4(2-9)3-1-5(10)7(12)6(3)11/h3-7,9-12H,1-2,8H2/t3?,4-,5+,6+,7+/m0/s1. The third kappa shape index (κ3) is 1.60. The van der Waals surface area contributed by atoms with Gasteiger partial charge < -0.3 is 26.2 Å². The summed E-state index contributed by atoms with van der Waals surface area (Å²) < 4.78 is 0. The van der Waals surface area contributed by atoms with Crippen LogP contribution in [0.4, 0.5) is 0 Å². The highest BCUT2D eigenvalue weighted by atomic mass is 16.4. The summed E-state index contributed by atoms with van der Waals surface area (Å²) in [7, 11) is 0. The highest BCUT2D eigenvalue weighted by molar-refractivity contribution is 4.95. The summed E-state index contributed by atoms with van der Waals surface area (Å²) in [5.41, 5.74) is 5.46. The molecule has 72 valence electrons. The second-order valence-corrected chi connectivity index (χ2v) is 3.29. The number of hydrogen-bond donors (Lipinski definition) is 5. The molecule has 0 spiro atoms.